The van der Waals surface area contributed by atoms with Crippen molar-refractivity contribution in [2.75, 3.05) is 6.61 Å². The minimum Gasteiger partial charge on any atom is -0.454 e. The number of hydrogen-bond acceptors (Lipinski definition) is 5. The molecule has 0 radical (unpaired) electrons. The van der Waals surface area contributed by atoms with Crippen LogP contribution in [0.1, 0.15) is 34.6 Å². The van der Waals surface area contributed by atoms with Crippen molar-refractivity contribution in [2.45, 2.75) is 40.7 Å². The number of ketones is 2. The number of esters is 1. The molecule has 0 fully saturated rings. The Hall–Kier alpha value is -1.75. The molecule has 122 valence electrons. The molecule has 0 aromatic carbocycles. The predicted octanol–water partition coefficient (Wildman–Crippen LogP) is 1.84. The highest BCUT2D eigenvalue weighted by Gasteiger charge is 2.44. The van der Waals surface area contributed by atoms with E-state index in [4.69, 9.17) is 4.74 Å². The fraction of sp³-hybridized carbons (Fsp3) is 0.588. The smallest absolute Gasteiger partial charge is 0.333 e. The zero-order valence-corrected chi connectivity index (χ0v) is 13.8. The molecule has 3 atom stereocenters. The second-order valence-electron chi connectivity index (χ2n) is 5.97. The number of carbonyl (C=O) groups excluding carboxylic acids is 3. The Morgan fingerprint density at radius 2 is 1.95 bits per heavy atom. The summed E-state index contributed by atoms with van der Waals surface area (Å²) in [5.74, 6) is -2.46. The lowest BCUT2D eigenvalue weighted by molar-refractivity contribution is -0.151. The van der Waals surface area contributed by atoms with Crippen molar-refractivity contribution in [3.8, 4) is 0 Å². The number of aliphatic hydroxyl groups is 1. The largest absolute Gasteiger partial charge is 0.454 e. The first-order valence-corrected chi connectivity index (χ1v) is 7.44. The second kappa shape index (κ2) is 7.49. The monoisotopic (exact) mass is 308 g/mol. The summed E-state index contributed by atoms with van der Waals surface area (Å²) in [5.41, 5.74) is 0.589. The third-order valence-corrected chi connectivity index (χ3v) is 4.10. The molecule has 1 aliphatic carbocycles. The summed E-state index contributed by atoms with van der Waals surface area (Å²) >= 11 is 0. The molecule has 0 spiro atoms. The van der Waals surface area contributed by atoms with Gasteiger partial charge in [0, 0.05) is 17.1 Å². The van der Waals surface area contributed by atoms with Gasteiger partial charge in [-0.25, -0.2) is 4.79 Å². The van der Waals surface area contributed by atoms with Crippen LogP contribution < -0.4 is 0 Å². The van der Waals surface area contributed by atoms with Gasteiger partial charge in [-0.3, -0.25) is 9.59 Å². The van der Waals surface area contributed by atoms with Gasteiger partial charge in [0.05, 0.1) is 12.5 Å². The average molecular weight is 308 g/mol. The van der Waals surface area contributed by atoms with Gasteiger partial charge >= 0.3 is 5.97 Å². The van der Waals surface area contributed by atoms with Gasteiger partial charge in [-0.1, -0.05) is 19.9 Å². The van der Waals surface area contributed by atoms with Crippen molar-refractivity contribution in [2.24, 2.45) is 17.8 Å². The van der Waals surface area contributed by atoms with Crippen LogP contribution in [-0.4, -0.2) is 35.4 Å². The molecule has 1 N–H and O–H groups in total. The maximum atomic E-state index is 12.3. The molecule has 0 amide bonds. The van der Waals surface area contributed by atoms with E-state index in [0.29, 0.717) is 5.57 Å². The zero-order chi connectivity index (χ0) is 17.0. The molecule has 0 saturated heterocycles. The van der Waals surface area contributed by atoms with E-state index in [1.165, 1.54) is 13.0 Å². The Balaban J connectivity index is 3.25. The van der Waals surface area contributed by atoms with E-state index >= 15 is 0 Å². The van der Waals surface area contributed by atoms with Gasteiger partial charge in [0.1, 0.15) is 11.9 Å². The topological polar surface area (TPSA) is 80.7 Å². The van der Waals surface area contributed by atoms with Crippen LogP contribution >= 0.6 is 0 Å². The van der Waals surface area contributed by atoms with Crippen molar-refractivity contribution >= 4 is 17.5 Å². The molecule has 0 bridgehead atoms. The van der Waals surface area contributed by atoms with Gasteiger partial charge in [-0.05, 0) is 32.8 Å². The molecule has 22 heavy (non-hydrogen) atoms. The van der Waals surface area contributed by atoms with E-state index in [2.05, 4.69) is 0 Å². The van der Waals surface area contributed by atoms with Crippen LogP contribution in [0.25, 0.3) is 0 Å². The maximum Gasteiger partial charge on any atom is 0.333 e. The Morgan fingerprint density at radius 3 is 2.36 bits per heavy atom. The number of allylic oxidation sites excluding steroid dienone is 1. The summed E-state index contributed by atoms with van der Waals surface area (Å²) < 4.78 is 5.48. The van der Waals surface area contributed by atoms with Gasteiger partial charge in [0.15, 0.2) is 5.78 Å². The second-order valence-corrected chi connectivity index (χ2v) is 5.97. The number of aliphatic hydroxyl groups excluding tert-OH is 1. The lowest BCUT2D eigenvalue weighted by Gasteiger charge is -2.36. The van der Waals surface area contributed by atoms with Crippen molar-refractivity contribution in [3.63, 3.8) is 0 Å². The number of rotatable bonds is 5. The molecule has 0 aromatic heterocycles. The summed E-state index contributed by atoms with van der Waals surface area (Å²) in [5, 5.41) is 9.34. The molecule has 0 aliphatic heterocycles. The van der Waals surface area contributed by atoms with E-state index in [1.54, 1.807) is 19.9 Å². The van der Waals surface area contributed by atoms with E-state index < -0.39 is 30.5 Å². The van der Waals surface area contributed by atoms with Gasteiger partial charge in [0.25, 0.3) is 0 Å². The molecular formula is C17H24O5. The third kappa shape index (κ3) is 3.71. The Kier molecular flexibility index (Phi) is 6.23. The first-order chi connectivity index (χ1) is 10.2. The molecule has 5 nitrogen and oxygen atoms in total. The number of ether oxygens (including phenoxy) is 1. The van der Waals surface area contributed by atoms with Crippen LogP contribution in [0, 0.1) is 17.8 Å². The summed E-state index contributed by atoms with van der Waals surface area (Å²) in [6.07, 6.45) is 2.42. The van der Waals surface area contributed by atoms with Crippen molar-refractivity contribution < 1.29 is 24.2 Å². The minimum absolute atomic E-state index is 0.0296. The van der Waals surface area contributed by atoms with Gasteiger partial charge in [-0.15, -0.1) is 0 Å². The third-order valence-electron chi connectivity index (χ3n) is 4.10. The van der Waals surface area contributed by atoms with E-state index in [0.717, 1.165) is 0 Å². The van der Waals surface area contributed by atoms with E-state index in [1.807, 2.05) is 13.8 Å². The maximum absolute atomic E-state index is 12.3. The predicted molar refractivity (Wildman–Crippen MR) is 82.0 cm³/mol. The molecule has 0 unspecified atom stereocenters. The first kappa shape index (κ1) is 18.3. The zero-order valence-electron chi connectivity index (χ0n) is 13.8. The Bertz CT molecular complexity index is 527. The van der Waals surface area contributed by atoms with Crippen molar-refractivity contribution in [1.82, 2.24) is 0 Å². The Labute approximate surface area is 131 Å². The number of Topliss-reactive ketones (excluding diaryl/α,β-unsaturated/α-hetero) is 2. The minimum atomic E-state index is -0.879. The van der Waals surface area contributed by atoms with Crippen LogP contribution in [0.2, 0.25) is 0 Å². The molecule has 0 saturated carbocycles. The fourth-order valence-corrected chi connectivity index (χ4v) is 2.75. The SMILES string of the molecule is C/C=C(/C)C(=O)O[C@H]1C=C(CO)C(=O)[C@H](C(C)=O)[C@H]1C(C)C. The summed E-state index contributed by atoms with van der Waals surface area (Å²) in [4.78, 5) is 36.3. The molecule has 1 rings (SSSR count). The molecule has 1 aliphatic rings. The number of carbonyl (C=O) groups is 3. The van der Waals surface area contributed by atoms with E-state index in [-0.39, 0.29) is 23.1 Å². The summed E-state index contributed by atoms with van der Waals surface area (Å²) in [7, 11) is 0. The molecule has 5 heteroatoms. The van der Waals surface area contributed by atoms with Crippen LogP contribution in [0.3, 0.4) is 0 Å². The molecule has 0 aromatic rings. The van der Waals surface area contributed by atoms with Gasteiger partial charge in [0.2, 0.25) is 0 Å². The molecule has 0 heterocycles. The fourth-order valence-electron chi connectivity index (χ4n) is 2.75. The summed E-state index contributed by atoms with van der Waals surface area (Å²) in [6, 6.07) is 0. The highest BCUT2D eigenvalue weighted by molar-refractivity contribution is 6.11. The van der Waals surface area contributed by atoms with Crippen LogP contribution in [0.4, 0.5) is 0 Å². The van der Waals surface area contributed by atoms with Gasteiger partial charge in [-0.2, -0.15) is 0 Å². The first-order valence-electron chi connectivity index (χ1n) is 7.44. The van der Waals surface area contributed by atoms with Gasteiger partial charge < -0.3 is 9.84 Å². The van der Waals surface area contributed by atoms with Crippen LogP contribution in [-0.2, 0) is 19.1 Å². The standard InChI is InChI=1S/C17H24O5/c1-6-10(4)17(21)22-13-7-12(8-18)16(20)15(11(5)19)14(13)9(2)3/h6-7,9,13-15,18H,8H2,1-5H3/b10-6-/t13-,14-,15+/m0/s1. The molecular weight excluding hydrogens is 284 g/mol. The Morgan fingerprint density at radius 1 is 1.36 bits per heavy atom. The number of hydrogen-bond donors (Lipinski definition) is 1. The summed E-state index contributed by atoms with van der Waals surface area (Å²) in [6.45, 7) is 8.02. The highest BCUT2D eigenvalue weighted by Crippen LogP contribution is 2.35. The van der Waals surface area contributed by atoms with Crippen molar-refractivity contribution in [1.29, 1.82) is 0 Å². The quantitative estimate of drug-likeness (QED) is 0.476. The highest BCUT2D eigenvalue weighted by atomic mass is 16.5. The average Bonchev–Trinajstić information content (AvgIpc) is 2.46. The van der Waals surface area contributed by atoms with Crippen molar-refractivity contribution in [3.05, 3.63) is 23.3 Å². The van der Waals surface area contributed by atoms with Crippen LogP contribution in [0.5, 0.6) is 0 Å². The normalized spacial score (nSPS) is 26.0. The lowest BCUT2D eigenvalue weighted by Crippen LogP contribution is -2.46. The van der Waals surface area contributed by atoms with E-state index in [9.17, 15) is 19.5 Å². The van der Waals surface area contributed by atoms with Crippen LogP contribution in [0.15, 0.2) is 23.3 Å². The lowest BCUT2D eigenvalue weighted by atomic mass is 9.70.